The van der Waals surface area contributed by atoms with Crippen molar-refractivity contribution in [1.82, 2.24) is 9.97 Å². The van der Waals surface area contributed by atoms with Gasteiger partial charge in [0.25, 0.3) is 0 Å². The largest absolute Gasteiger partial charge is 0.394 e. The van der Waals surface area contributed by atoms with Crippen LogP contribution in [-0.2, 0) is 0 Å². The van der Waals surface area contributed by atoms with Gasteiger partial charge in [0, 0.05) is 20.2 Å². The van der Waals surface area contributed by atoms with E-state index in [4.69, 9.17) is 10.8 Å². The second-order valence-electron chi connectivity index (χ2n) is 2.98. The average molecular weight is 182 g/mol. The first-order valence-corrected chi connectivity index (χ1v) is 4.01. The maximum Gasteiger partial charge on any atom is 0.131 e. The van der Waals surface area contributed by atoms with Gasteiger partial charge in [-0.2, -0.15) is 0 Å². The smallest absolute Gasteiger partial charge is 0.131 e. The number of hydrogen-bond acceptors (Lipinski definition) is 5. The lowest BCUT2D eigenvalue weighted by atomic mass is 10.2. The summed E-state index contributed by atoms with van der Waals surface area (Å²) < 4.78 is 0. The number of aliphatic hydroxyl groups excluding tert-OH is 1. The van der Waals surface area contributed by atoms with Crippen LogP contribution in [0.4, 0.5) is 5.82 Å². The van der Waals surface area contributed by atoms with Crippen molar-refractivity contribution in [2.24, 2.45) is 5.73 Å². The molecule has 0 saturated heterocycles. The Balaban J connectivity index is 2.91. The summed E-state index contributed by atoms with van der Waals surface area (Å²) in [5, 5.41) is 8.82. The van der Waals surface area contributed by atoms with Crippen LogP contribution in [0, 0.1) is 0 Å². The minimum absolute atomic E-state index is 0.107. The van der Waals surface area contributed by atoms with Crippen molar-refractivity contribution in [1.29, 1.82) is 0 Å². The number of hydrogen-bond donors (Lipinski definition) is 2. The summed E-state index contributed by atoms with van der Waals surface area (Å²) in [5.41, 5.74) is 6.26. The molecule has 0 spiro atoms. The molecule has 1 aromatic heterocycles. The van der Waals surface area contributed by atoms with Crippen molar-refractivity contribution in [2.75, 3.05) is 25.6 Å². The molecule has 0 amide bonds. The third kappa shape index (κ3) is 2.37. The van der Waals surface area contributed by atoms with E-state index in [1.807, 2.05) is 19.0 Å². The summed E-state index contributed by atoms with van der Waals surface area (Å²) >= 11 is 0. The van der Waals surface area contributed by atoms with Gasteiger partial charge in [-0.25, -0.2) is 9.97 Å². The average Bonchev–Trinajstić information content (AvgIpc) is 2.17. The van der Waals surface area contributed by atoms with Gasteiger partial charge in [0.1, 0.15) is 12.1 Å². The Kier molecular flexibility index (Phi) is 3.16. The highest BCUT2D eigenvalue weighted by Gasteiger charge is 2.07. The van der Waals surface area contributed by atoms with Gasteiger partial charge >= 0.3 is 0 Å². The molecule has 1 unspecified atom stereocenters. The first-order valence-electron chi connectivity index (χ1n) is 4.01. The molecule has 0 fully saturated rings. The van der Waals surface area contributed by atoms with Gasteiger partial charge in [0.15, 0.2) is 0 Å². The normalized spacial score (nSPS) is 12.6. The highest BCUT2D eigenvalue weighted by molar-refractivity contribution is 5.37. The first-order chi connectivity index (χ1) is 6.15. The lowest BCUT2D eigenvalue weighted by Crippen LogP contribution is -2.18. The Morgan fingerprint density at radius 3 is 2.77 bits per heavy atom. The Morgan fingerprint density at radius 1 is 1.54 bits per heavy atom. The van der Waals surface area contributed by atoms with E-state index in [1.54, 1.807) is 6.07 Å². The summed E-state index contributed by atoms with van der Waals surface area (Å²) in [6.07, 6.45) is 1.44. The van der Waals surface area contributed by atoms with Gasteiger partial charge in [-0.05, 0) is 0 Å². The van der Waals surface area contributed by atoms with E-state index in [0.717, 1.165) is 5.82 Å². The number of rotatable bonds is 3. The zero-order chi connectivity index (χ0) is 9.84. The molecule has 5 heteroatoms. The fourth-order valence-electron chi connectivity index (χ4n) is 0.902. The zero-order valence-electron chi connectivity index (χ0n) is 7.81. The summed E-state index contributed by atoms with van der Waals surface area (Å²) in [7, 11) is 3.77. The van der Waals surface area contributed by atoms with Crippen LogP contribution in [-0.4, -0.2) is 35.8 Å². The highest BCUT2D eigenvalue weighted by atomic mass is 16.3. The highest BCUT2D eigenvalue weighted by Crippen LogP contribution is 2.11. The molecule has 1 atom stereocenters. The summed E-state index contributed by atoms with van der Waals surface area (Å²) in [5.74, 6) is 0.786. The van der Waals surface area contributed by atoms with Crippen LogP contribution in [0.5, 0.6) is 0 Å². The molecule has 0 aliphatic rings. The number of nitrogens with two attached hydrogens (primary N) is 1. The van der Waals surface area contributed by atoms with E-state index in [0.29, 0.717) is 5.69 Å². The molecule has 0 saturated carbocycles. The maximum atomic E-state index is 8.82. The van der Waals surface area contributed by atoms with Crippen molar-refractivity contribution in [3.8, 4) is 0 Å². The Bertz CT molecular complexity index is 277. The molecule has 1 heterocycles. The van der Waals surface area contributed by atoms with E-state index in [2.05, 4.69) is 9.97 Å². The van der Waals surface area contributed by atoms with Crippen LogP contribution in [0.15, 0.2) is 12.4 Å². The van der Waals surface area contributed by atoms with E-state index >= 15 is 0 Å². The molecule has 72 valence electrons. The van der Waals surface area contributed by atoms with Crippen molar-refractivity contribution < 1.29 is 5.11 Å². The van der Waals surface area contributed by atoms with Crippen LogP contribution in [0.3, 0.4) is 0 Å². The van der Waals surface area contributed by atoms with E-state index in [1.165, 1.54) is 6.33 Å². The second kappa shape index (κ2) is 4.15. The molecule has 13 heavy (non-hydrogen) atoms. The van der Waals surface area contributed by atoms with Crippen molar-refractivity contribution >= 4 is 5.82 Å². The molecule has 1 rings (SSSR count). The fraction of sp³-hybridized carbons (Fsp3) is 0.500. The number of nitrogens with zero attached hydrogens (tertiary/aromatic N) is 3. The van der Waals surface area contributed by atoms with E-state index in [9.17, 15) is 0 Å². The number of anilines is 1. The zero-order valence-corrected chi connectivity index (χ0v) is 7.81. The molecule has 0 bridgehead atoms. The fourth-order valence-corrected chi connectivity index (χ4v) is 0.902. The minimum atomic E-state index is -0.429. The molecule has 5 nitrogen and oxygen atoms in total. The molecule has 0 aliphatic carbocycles. The molecule has 0 radical (unpaired) electrons. The lowest BCUT2D eigenvalue weighted by Gasteiger charge is -2.13. The first kappa shape index (κ1) is 9.88. The molecule has 0 aliphatic heterocycles. The maximum absolute atomic E-state index is 8.82. The minimum Gasteiger partial charge on any atom is -0.394 e. The summed E-state index contributed by atoms with van der Waals surface area (Å²) in [4.78, 5) is 9.86. The van der Waals surface area contributed by atoms with Crippen molar-refractivity contribution in [3.63, 3.8) is 0 Å². The Labute approximate surface area is 77.2 Å². The second-order valence-corrected chi connectivity index (χ2v) is 2.98. The standard InChI is InChI=1S/C8H14N4O/c1-12(2)8-3-7(6(9)4-13)10-5-11-8/h3,5-6,13H,4,9H2,1-2H3. The number of aromatic nitrogens is 2. The number of aliphatic hydroxyl groups is 1. The predicted molar refractivity (Wildman–Crippen MR) is 50.4 cm³/mol. The van der Waals surface area contributed by atoms with Crippen LogP contribution in [0.2, 0.25) is 0 Å². The topological polar surface area (TPSA) is 75.3 Å². The molecule has 3 N–H and O–H groups in total. The monoisotopic (exact) mass is 182 g/mol. The molecular weight excluding hydrogens is 168 g/mol. The van der Waals surface area contributed by atoms with Gasteiger partial charge in [-0.3, -0.25) is 0 Å². The SMILES string of the molecule is CN(C)c1cc(C(N)CO)ncn1. The van der Waals surface area contributed by atoms with Crippen molar-refractivity contribution in [2.45, 2.75) is 6.04 Å². The summed E-state index contributed by atoms with van der Waals surface area (Å²) in [6, 6.07) is 1.34. The van der Waals surface area contributed by atoms with Crippen LogP contribution < -0.4 is 10.6 Å². The van der Waals surface area contributed by atoms with Gasteiger partial charge < -0.3 is 15.7 Å². The third-order valence-corrected chi connectivity index (χ3v) is 1.71. The molecule has 0 aromatic carbocycles. The molecule has 1 aromatic rings. The van der Waals surface area contributed by atoms with Crippen LogP contribution in [0.25, 0.3) is 0 Å². The van der Waals surface area contributed by atoms with Crippen LogP contribution in [0.1, 0.15) is 11.7 Å². The predicted octanol–water partition coefficient (Wildman–Crippen LogP) is -0.465. The lowest BCUT2D eigenvalue weighted by molar-refractivity contribution is 0.266. The van der Waals surface area contributed by atoms with Gasteiger partial charge in [-0.15, -0.1) is 0 Å². The summed E-state index contributed by atoms with van der Waals surface area (Å²) in [6.45, 7) is -0.107. The van der Waals surface area contributed by atoms with Gasteiger partial charge in [-0.1, -0.05) is 0 Å². The Hall–Kier alpha value is -1.20. The van der Waals surface area contributed by atoms with E-state index < -0.39 is 6.04 Å². The van der Waals surface area contributed by atoms with Gasteiger partial charge in [0.2, 0.25) is 0 Å². The van der Waals surface area contributed by atoms with E-state index in [-0.39, 0.29) is 6.61 Å². The quantitative estimate of drug-likeness (QED) is 0.661. The van der Waals surface area contributed by atoms with Crippen LogP contribution >= 0.6 is 0 Å². The molecular formula is C8H14N4O. The van der Waals surface area contributed by atoms with Gasteiger partial charge in [0.05, 0.1) is 18.3 Å². The Morgan fingerprint density at radius 2 is 2.23 bits per heavy atom. The van der Waals surface area contributed by atoms with Crippen molar-refractivity contribution in [3.05, 3.63) is 18.1 Å². The third-order valence-electron chi connectivity index (χ3n) is 1.71.